The maximum absolute atomic E-state index is 12.8. The zero-order valence-corrected chi connectivity index (χ0v) is 9.14. The van der Waals surface area contributed by atoms with E-state index in [1.807, 2.05) is 0 Å². The van der Waals surface area contributed by atoms with Gasteiger partial charge in [-0.15, -0.1) is 0 Å². The molecule has 17 heavy (non-hydrogen) atoms. The Morgan fingerprint density at radius 2 is 2.24 bits per heavy atom. The summed E-state index contributed by atoms with van der Waals surface area (Å²) in [5.41, 5.74) is 5.31. The minimum absolute atomic E-state index is 0.0514. The summed E-state index contributed by atoms with van der Waals surface area (Å²) >= 11 is 0. The van der Waals surface area contributed by atoms with Gasteiger partial charge in [0, 0.05) is 25.9 Å². The van der Waals surface area contributed by atoms with E-state index in [4.69, 9.17) is 15.7 Å². The predicted octanol–water partition coefficient (Wildman–Crippen LogP) is 0.522. The van der Waals surface area contributed by atoms with Crippen LogP contribution >= 0.6 is 0 Å². The molecule has 0 aliphatic carbocycles. The molecule has 0 atom stereocenters. The molecule has 2 rings (SSSR count). The minimum Gasteiger partial charge on any atom is -0.460 e. The molecule has 7 heteroatoms. The van der Waals surface area contributed by atoms with Crippen molar-refractivity contribution < 1.29 is 9.13 Å². The van der Waals surface area contributed by atoms with Crippen LogP contribution in [0.2, 0.25) is 0 Å². The number of hydrogen-bond donors (Lipinski definition) is 1. The van der Waals surface area contributed by atoms with Gasteiger partial charge in [0.15, 0.2) is 17.8 Å². The molecule has 0 unspecified atom stereocenters. The van der Waals surface area contributed by atoms with Gasteiger partial charge in [-0.25, -0.2) is 9.37 Å². The van der Waals surface area contributed by atoms with E-state index in [0.717, 1.165) is 6.20 Å². The molecule has 1 aliphatic rings. The van der Waals surface area contributed by atoms with Crippen molar-refractivity contribution in [3.63, 3.8) is 0 Å². The molecule has 0 radical (unpaired) electrons. The van der Waals surface area contributed by atoms with Crippen molar-refractivity contribution in [2.24, 2.45) is 0 Å². The molecule has 0 spiro atoms. The fourth-order valence-corrected chi connectivity index (χ4v) is 1.64. The third kappa shape index (κ3) is 2.72. The lowest BCUT2D eigenvalue weighted by atomic mass is 10.1. The van der Waals surface area contributed by atoms with Crippen LogP contribution in [-0.2, 0) is 0 Å². The monoisotopic (exact) mass is 237 g/mol. The number of ether oxygens (including phenoxy) is 1. The lowest BCUT2D eigenvalue weighted by Gasteiger charge is -2.27. The summed E-state index contributed by atoms with van der Waals surface area (Å²) in [7, 11) is 0. The first-order chi connectivity index (χ1) is 8.19. The number of likely N-dealkylation sites (tertiary alicyclic amines) is 1. The van der Waals surface area contributed by atoms with Crippen LogP contribution in [0, 0.1) is 17.3 Å². The van der Waals surface area contributed by atoms with Crippen molar-refractivity contribution in [2.45, 2.75) is 18.9 Å². The first-order valence-corrected chi connectivity index (χ1v) is 5.28. The van der Waals surface area contributed by atoms with Gasteiger partial charge in [0.2, 0.25) is 0 Å². The number of halogens is 1. The Kier molecular flexibility index (Phi) is 3.23. The SMILES string of the molecule is N#CN1CCC(Oc2ncc(F)c(N)n2)CC1. The summed E-state index contributed by atoms with van der Waals surface area (Å²) in [6.07, 6.45) is 4.45. The average molecular weight is 237 g/mol. The maximum atomic E-state index is 12.8. The second-order valence-electron chi connectivity index (χ2n) is 3.79. The van der Waals surface area contributed by atoms with E-state index in [0.29, 0.717) is 25.9 Å². The number of piperidine rings is 1. The van der Waals surface area contributed by atoms with Gasteiger partial charge < -0.3 is 15.4 Å². The molecule has 1 aliphatic heterocycles. The molecular weight excluding hydrogens is 225 g/mol. The molecule has 1 fully saturated rings. The van der Waals surface area contributed by atoms with Crippen molar-refractivity contribution in [2.75, 3.05) is 18.8 Å². The van der Waals surface area contributed by atoms with Crippen molar-refractivity contribution >= 4 is 5.82 Å². The molecule has 6 nitrogen and oxygen atoms in total. The molecule has 1 saturated heterocycles. The summed E-state index contributed by atoms with van der Waals surface area (Å²) < 4.78 is 18.3. The van der Waals surface area contributed by atoms with Crippen LogP contribution in [0.4, 0.5) is 10.2 Å². The quantitative estimate of drug-likeness (QED) is 0.754. The van der Waals surface area contributed by atoms with Crippen LogP contribution in [0.1, 0.15) is 12.8 Å². The van der Waals surface area contributed by atoms with Crippen molar-refractivity contribution in [3.8, 4) is 12.2 Å². The second-order valence-corrected chi connectivity index (χ2v) is 3.79. The zero-order valence-electron chi connectivity index (χ0n) is 9.14. The largest absolute Gasteiger partial charge is 0.460 e. The van der Waals surface area contributed by atoms with Crippen LogP contribution in [0.25, 0.3) is 0 Å². The van der Waals surface area contributed by atoms with Gasteiger partial charge in [-0.05, 0) is 0 Å². The van der Waals surface area contributed by atoms with Crippen molar-refractivity contribution in [3.05, 3.63) is 12.0 Å². The number of hydrogen-bond acceptors (Lipinski definition) is 6. The third-order valence-electron chi connectivity index (χ3n) is 2.60. The Balaban J connectivity index is 1.93. The van der Waals surface area contributed by atoms with Crippen LogP contribution in [-0.4, -0.2) is 34.1 Å². The number of nitriles is 1. The lowest BCUT2D eigenvalue weighted by molar-refractivity contribution is 0.116. The van der Waals surface area contributed by atoms with Crippen molar-refractivity contribution in [1.82, 2.24) is 14.9 Å². The maximum Gasteiger partial charge on any atom is 0.318 e. The summed E-state index contributed by atoms with van der Waals surface area (Å²) in [4.78, 5) is 9.07. The number of aromatic nitrogens is 2. The smallest absolute Gasteiger partial charge is 0.318 e. The molecule has 0 bridgehead atoms. The molecule has 0 aromatic carbocycles. The van der Waals surface area contributed by atoms with E-state index < -0.39 is 5.82 Å². The molecule has 2 N–H and O–H groups in total. The Hall–Kier alpha value is -2.10. The van der Waals surface area contributed by atoms with Gasteiger partial charge >= 0.3 is 6.01 Å². The highest BCUT2D eigenvalue weighted by Gasteiger charge is 2.20. The Morgan fingerprint density at radius 1 is 1.53 bits per heavy atom. The topological polar surface area (TPSA) is 88.1 Å². The van der Waals surface area contributed by atoms with Gasteiger partial charge in [-0.1, -0.05) is 0 Å². The zero-order chi connectivity index (χ0) is 12.3. The van der Waals surface area contributed by atoms with Crippen LogP contribution < -0.4 is 10.5 Å². The first-order valence-electron chi connectivity index (χ1n) is 5.28. The average Bonchev–Trinajstić information content (AvgIpc) is 2.35. The van der Waals surface area contributed by atoms with Crippen LogP contribution in [0.3, 0.4) is 0 Å². The minimum atomic E-state index is -0.656. The fourth-order valence-electron chi connectivity index (χ4n) is 1.64. The molecule has 0 saturated carbocycles. The van der Waals surface area contributed by atoms with Gasteiger partial charge in [0.25, 0.3) is 0 Å². The van der Waals surface area contributed by atoms with E-state index in [9.17, 15) is 4.39 Å². The molecule has 1 aromatic rings. The predicted molar refractivity (Wildman–Crippen MR) is 57.2 cm³/mol. The Morgan fingerprint density at radius 3 is 2.82 bits per heavy atom. The summed E-state index contributed by atoms with van der Waals surface area (Å²) in [6.45, 7) is 1.30. The number of anilines is 1. The molecule has 2 heterocycles. The first kappa shape index (κ1) is 11.4. The summed E-state index contributed by atoms with van der Waals surface area (Å²) in [5, 5.41) is 8.69. The standard InChI is InChI=1S/C10H12FN5O/c11-8-5-14-10(15-9(8)13)17-7-1-3-16(6-12)4-2-7/h5,7H,1-4H2,(H2,13,14,15). The second kappa shape index (κ2) is 4.82. The third-order valence-corrected chi connectivity index (χ3v) is 2.60. The Bertz CT molecular complexity index is 439. The molecule has 0 amide bonds. The summed E-state index contributed by atoms with van der Waals surface area (Å²) in [5.74, 6) is -0.874. The van der Waals surface area contributed by atoms with Crippen molar-refractivity contribution in [1.29, 1.82) is 5.26 Å². The Labute approximate surface area is 97.8 Å². The number of nitrogens with two attached hydrogens (primary N) is 1. The van der Waals surface area contributed by atoms with E-state index in [1.54, 1.807) is 4.90 Å². The van der Waals surface area contributed by atoms with Gasteiger partial charge in [0.05, 0.1) is 6.20 Å². The van der Waals surface area contributed by atoms with Gasteiger partial charge in [0.1, 0.15) is 6.10 Å². The number of rotatable bonds is 2. The number of nitrogens with zero attached hydrogens (tertiary/aromatic N) is 4. The van der Waals surface area contributed by atoms with Crippen LogP contribution in [0.5, 0.6) is 6.01 Å². The van der Waals surface area contributed by atoms with E-state index in [1.165, 1.54) is 0 Å². The summed E-state index contributed by atoms with van der Waals surface area (Å²) in [6, 6.07) is 0.0827. The highest BCUT2D eigenvalue weighted by atomic mass is 19.1. The highest BCUT2D eigenvalue weighted by molar-refractivity contribution is 5.29. The molecule has 90 valence electrons. The molecular formula is C10H12FN5O. The van der Waals surface area contributed by atoms with Gasteiger partial charge in [-0.3, -0.25) is 0 Å². The normalized spacial score (nSPS) is 16.6. The van der Waals surface area contributed by atoms with E-state index in [2.05, 4.69) is 16.2 Å². The number of nitrogen functional groups attached to an aromatic ring is 1. The van der Waals surface area contributed by atoms with Gasteiger partial charge in [-0.2, -0.15) is 10.2 Å². The fraction of sp³-hybridized carbons (Fsp3) is 0.500. The van der Waals surface area contributed by atoms with Crippen LogP contribution in [0.15, 0.2) is 6.20 Å². The van der Waals surface area contributed by atoms with E-state index in [-0.39, 0.29) is 17.9 Å². The highest BCUT2D eigenvalue weighted by Crippen LogP contribution is 2.16. The van der Waals surface area contributed by atoms with E-state index >= 15 is 0 Å². The lowest BCUT2D eigenvalue weighted by Crippen LogP contribution is -2.35. The molecule has 1 aromatic heterocycles.